The summed E-state index contributed by atoms with van der Waals surface area (Å²) in [5.41, 5.74) is 7.25. The molecule has 3 aliphatic heterocycles. The number of fused-ring (bicyclic) bond motifs is 1. The Morgan fingerprint density at radius 3 is 3.11 bits per heavy atom. The second-order valence-electron chi connectivity index (χ2n) is 7.47. The summed E-state index contributed by atoms with van der Waals surface area (Å²) < 4.78 is 30.0. The van der Waals surface area contributed by atoms with E-state index in [1.54, 1.807) is 6.07 Å². The van der Waals surface area contributed by atoms with Crippen molar-refractivity contribution in [2.24, 2.45) is 16.0 Å². The van der Waals surface area contributed by atoms with Crippen LogP contribution in [-0.2, 0) is 21.1 Å². The number of carbonyl (C=O) groups excluding carboxylic acids is 1. The van der Waals surface area contributed by atoms with Gasteiger partial charge in [0.15, 0.2) is 5.84 Å². The number of nitrogens with one attached hydrogen (secondary N) is 1. The van der Waals surface area contributed by atoms with E-state index in [0.717, 1.165) is 38.6 Å². The van der Waals surface area contributed by atoms with Crippen molar-refractivity contribution in [3.63, 3.8) is 0 Å². The number of carbonyl (C=O) groups is 1. The molecular weight excluding hydrogens is 380 g/mol. The zero-order valence-electron chi connectivity index (χ0n) is 15.8. The number of amides is 1. The molecule has 9 heteroatoms. The van der Waals surface area contributed by atoms with E-state index in [4.69, 9.17) is 15.2 Å². The van der Waals surface area contributed by atoms with Crippen LogP contribution in [0.4, 0.5) is 5.69 Å². The lowest BCUT2D eigenvalue weighted by atomic mass is 9.97. The molecule has 2 saturated heterocycles. The van der Waals surface area contributed by atoms with E-state index in [9.17, 15) is 9.35 Å². The van der Waals surface area contributed by atoms with Crippen LogP contribution in [0.15, 0.2) is 22.6 Å². The summed E-state index contributed by atoms with van der Waals surface area (Å²) in [6.07, 6.45) is 4.60. The quantitative estimate of drug-likeness (QED) is 0.734. The molecule has 3 N–H and O–H groups in total. The number of hydrogen-bond acceptors (Lipinski definition) is 7. The summed E-state index contributed by atoms with van der Waals surface area (Å²) in [6, 6.07) is 5.46. The highest BCUT2D eigenvalue weighted by molar-refractivity contribution is 7.91. The molecule has 0 aliphatic carbocycles. The van der Waals surface area contributed by atoms with Crippen LogP contribution >= 0.6 is 0 Å². The fourth-order valence-electron chi connectivity index (χ4n) is 4.00. The van der Waals surface area contributed by atoms with Crippen LogP contribution in [0.25, 0.3) is 0 Å². The first-order chi connectivity index (χ1) is 13.6. The van der Waals surface area contributed by atoms with Crippen LogP contribution in [0.1, 0.15) is 37.7 Å². The van der Waals surface area contributed by atoms with Gasteiger partial charge in [-0.05, 0) is 48.6 Å². The van der Waals surface area contributed by atoms with Gasteiger partial charge in [-0.1, -0.05) is 6.07 Å². The number of rotatable bonds is 4. The fraction of sp³-hybridized carbons (Fsp3) is 0.579. The minimum Gasteiger partial charge on any atom is -0.566 e. The van der Waals surface area contributed by atoms with Gasteiger partial charge in [0.25, 0.3) is 5.91 Å². The Hall–Kier alpha value is -1.97. The summed E-state index contributed by atoms with van der Waals surface area (Å²) in [5, 5.41) is 0. The highest BCUT2D eigenvalue weighted by Crippen LogP contribution is 2.31. The molecule has 28 heavy (non-hydrogen) atoms. The molecule has 2 fully saturated rings. The smallest absolute Gasteiger partial charge is 0.251 e. The Morgan fingerprint density at radius 1 is 1.39 bits per heavy atom. The first kappa shape index (κ1) is 19.4. The van der Waals surface area contributed by atoms with Crippen molar-refractivity contribution in [3.8, 4) is 5.75 Å². The van der Waals surface area contributed by atoms with Crippen LogP contribution in [0.3, 0.4) is 0 Å². The molecule has 3 atom stereocenters. The molecule has 3 heterocycles. The number of anilines is 1. The number of nitrogens with two attached hydrogens (primary N) is 1. The lowest BCUT2D eigenvalue weighted by molar-refractivity contribution is -0.148. The normalized spacial score (nSPS) is 27.4. The standard InChI is InChI=1S/C19H26N4O4S/c20-18-17-14(21-28(25)22-18)6-3-8-15(17)27-12-13-5-4-9-23(11-13)19(24)16-7-1-2-10-26-16/h3,6,8,13,16,21H,1-2,4-5,7,9-12H2,(H2,20,22). The fourth-order valence-corrected chi connectivity index (χ4v) is 4.67. The maximum atomic E-state index is 12.7. The van der Waals surface area contributed by atoms with Crippen molar-refractivity contribution in [2.75, 3.05) is 31.0 Å². The third-order valence-corrected chi connectivity index (χ3v) is 6.18. The Bertz CT molecular complexity index is 753. The van der Waals surface area contributed by atoms with Crippen molar-refractivity contribution >= 4 is 29.0 Å². The Labute approximate surface area is 167 Å². The number of nitrogens with zero attached hydrogens (tertiary/aromatic N) is 2. The molecule has 4 rings (SSSR count). The predicted molar refractivity (Wildman–Crippen MR) is 107 cm³/mol. The van der Waals surface area contributed by atoms with E-state index in [-0.39, 0.29) is 23.8 Å². The third kappa shape index (κ3) is 4.21. The van der Waals surface area contributed by atoms with Gasteiger partial charge in [0, 0.05) is 25.6 Å². The average molecular weight is 407 g/mol. The first-order valence-corrected chi connectivity index (χ1v) is 10.9. The monoisotopic (exact) mass is 406 g/mol. The summed E-state index contributed by atoms with van der Waals surface area (Å²) in [6.45, 7) is 2.63. The van der Waals surface area contributed by atoms with E-state index < -0.39 is 11.5 Å². The number of hydrogen-bond donors (Lipinski definition) is 2. The molecule has 3 unspecified atom stereocenters. The van der Waals surface area contributed by atoms with Crippen molar-refractivity contribution in [3.05, 3.63) is 23.8 Å². The molecule has 1 aromatic rings. The second kappa shape index (κ2) is 8.59. The Kier molecular flexibility index (Phi) is 5.93. The van der Waals surface area contributed by atoms with Gasteiger partial charge in [-0.3, -0.25) is 4.79 Å². The first-order valence-electron chi connectivity index (χ1n) is 9.81. The van der Waals surface area contributed by atoms with Gasteiger partial charge in [-0.15, -0.1) is 0 Å². The van der Waals surface area contributed by atoms with Crippen LogP contribution in [-0.4, -0.2) is 53.6 Å². The number of likely N-dealkylation sites (tertiary alicyclic amines) is 1. The van der Waals surface area contributed by atoms with Crippen molar-refractivity contribution in [1.82, 2.24) is 4.90 Å². The van der Waals surface area contributed by atoms with Gasteiger partial charge >= 0.3 is 0 Å². The van der Waals surface area contributed by atoms with Crippen LogP contribution in [0.5, 0.6) is 5.75 Å². The highest BCUT2D eigenvalue weighted by Gasteiger charge is 2.31. The van der Waals surface area contributed by atoms with Gasteiger partial charge in [-0.25, -0.2) is 0 Å². The van der Waals surface area contributed by atoms with E-state index in [1.807, 2.05) is 17.0 Å². The highest BCUT2D eigenvalue weighted by atomic mass is 32.2. The second-order valence-corrected chi connectivity index (χ2v) is 8.35. The number of amidine groups is 1. The predicted octanol–water partition coefficient (Wildman–Crippen LogP) is 1.58. The summed E-state index contributed by atoms with van der Waals surface area (Å²) in [7, 11) is 0. The third-order valence-electron chi connectivity index (χ3n) is 5.42. The molecular formula is C19H26N4O4S. The zero-order valence-corrected chi connectivity index (χ0v) is 16.6. The van der Waals surface area contributed by atoms with E-state index >= 15 is 0 Å². The number of benzene rings is 1. The molecule has 0 bridgehead atoms. The Balaban J connectivity index is 1.38. The van der Waals surface area contributed by atoms with E-state index in [2.05, 4.69) is 9.12 Å². The molecule has 0 spiro atoms. The zero-order chi connectivity index (χ0) is 19.5. The molecule has 8 nitrogen and oxygen atoms in total. The Morgan fingerprint density at radius 2 is 2.29 bits per heavy atom. The van der Waals surface area contributed by atoms with Crippen LogP contribution in [0, 0.1) is 5.92 Å². The molecule has 152 valence electrons. The maximum absolute atomic E-state index is 12.7. The van der Waals surface area contributed by atoms with Crippen molar-refractivity contribution < 1.29 is 18.8 Å². The van der Waals surface area contributed by atoms with Gasteiger partial charge in [0.05, 0.1) is 17.9 Å². The molecule has 0 radical (unpaired) electrons. The summed E-state index contributed by atoms with van der Waals surface area (Å²) in [4.78, 5) is 14.7. The van der Waals surface area contributed by atoms with Gasteiger partial charge in [-0.2, -0.15) is 4.72 Å². The van der Waals surface area contributed by atoms with Crippen molar-refractivity contribution in [1.29, 1.82) is 0 Å². The maximum Gasteiger partial charge on any atom is 0.251 e. The summed E-state index contributed by atoms with van der Waals surface area (Å²) >= 11 is -1.56. The summed E-state index contributed by atoms with van der Waals surface area (Å²) in [5.74, 6) is 1.19. The van der Waals surface area contributed by atoms with Gasteiger partial charge in [0.1, 0.15) is 11.9 Å². The molecule has 0 aromatic heterocycles. The molecule has 3 aliphatic rings. The minimum atomic E-state index is -1.56. The van der Waals surface area contributed by atoms with Crippen LogP contribution < -0.4 is 15.2 Å². The van der Waals surface area contributed by atoms with Gasteiger partial charge in [0.2, 0.25) is 11.5 Å². The number of piperidine rings is 1. The average Bonchev–Trinajstić information content (AvgIpc) is 2.72. The lowest BCUT2D eigenvalue weighted by Crippen LogP contribution is -2.47. The molecule has 1 amide bonds. The van der Waals surface area contributed by atoms with Crippen molar-refractivity contribution in [2.45, 2.75) is 38.2 Å². The van der Waals surface area contributed by atoms with E-state index in [1.165, 1.54) is 0 Å². The topological polar surface area (TPSA) is 112 Å². The minimum absolute atomic E-state index is 0.115. The van der Waals surface area contributed by atoms with Crippen LogP contribution in [0.2, 0.25) is 0 Å². The largest absolute Gasteiger partial charge is 0.566 e. The van der Waals surface area contributed by atoms with Gasteiger partial charge < -0.3 is 24.7 Å². The molecule has 1 aromatic carbocycles. The molecule has 0 saturated carbocycles. The lowest BCUT2D eigenvalue weighted by Gasteiger charge is -2.35. The van der Waals surface area contributed by atoms with E-state index in [0.29, 0.717) is 36.8 Å². The number of ether oxygens (including phenoxy) is 2. The SMILES string of the molecule is NC1=N[S+]([O-])Nc2cccc(OCC3CCCN(C(=O)C4CCCCO4)C3)c21.